The molecular formula is C26H30N6O4. The molecule has 1 aliphatic rings. The van der Waals surface area contributed by atoms with Crippen molar-refractivity contribution in [3.05, 3.63) is 70.5 Å². The van der Waals surface area contributed by atoms with Gasteiger partial charge in [-0.3, -0.25) is 9.36 Å². The Hall–Kier alpha value is -3.95. The van der Waals surface area contributed by atoms with Crippen LogP contribution in [0.1, 0.15) is 63.9 Å². The summed E-state index contributed by atoms with van der Waals surface area (Å²) < 4.78 is 14.5. The standard InChI is InChI=1S/C26H30N6O4/c1-17(18-8-6-5-7-9-18)22-28-23(36-29-22)20-16-27-31-15-12-21(33)32(24(20)31)19-10-13-30(14-11-19)25(34)35-26(2,3)4/h5-9,12,15-17,19H,10-11,13-14H2,1-4H3. The highest BCUT2D eigenvalue weighted by Crippen LogP contribution is 2.30. The number of amides is 1. The van der Waals surface area contributed by atoms with Gasteiger partial charge in [0.2, 0.25) is 0 Å². The van der Waals surface area contributed by atoms with Gasteiger partial charge in [-0.15, -0.1) is 0 Å². The first-order valence-electron chi connectivity index (χ1n) is 12.2. The van der Waals surface area contributed by atoms with Crippen LogP contribution in [0.5, 0.6) is 0 Å². The van der Waals surface area contributed by atoms with Gasteiger partial charge in [0.15, 0.2) is 11.5 Å². The van der Waals surface area contributed by atoms with E-state index in [4.69, 9.17) is 9.26 Å². The molecule has 1 unspecified atom stereocenters. The molecule has 4 heterocycles. The van der Waals surface area contributed by atoms with Gasteiger partial charge in [0, 0.05) is 37.3 Å². The number of hydrogen-bond donors (Lipinski definition) is 0. The van der Waals surface area contributed by atoms with Crippen molar-refractivity contribution in [2.24, 2.45) is 0 Å². The highest BCUT2D eigenvalue weighted by atomic mass is 16.6. The number of ether oxygens (including phenoxy) is 1. The number of rotatable bonds is 4. The third kappa shape index (κ3) is 4.62. The zero-order valence-electron chi connectivity index (χ0n) is 20.9. The van der Waals surface area contributed by atoms with E-state index in [1.54, 1.807) is 26.4 Å². The lowest BCUT2D eigenvalue weighted by Crippen LogP contribution is -2.43. The summed E-state index contributed by atoms with van der Waals surface area (Å²) in [6, 6.07) is 11.4. The molecular weight excluding hydrogens is 460 g/mol. The molecule has 4 aromatic rings. The van der Waals surface area contributed by atoms with Crippen molar-refractivity contribution in [3.63, 3.8) is 0 Å². The molecule has 1 saturated heterocycles. The second-order valence-electron chi connectivity index (χ2n) is 10.1. The predicted octanol–water partition coefficient (Wildman–Crippen LogP) is 4.27. The number of piperidine rings is 1. The summed E-state index contributed by atoms with van der Waals surface area (Å²) in [6.45, 7) is 8.56. The van der Waals surface area contributed by atoms with Crippen molar-refractivity contribution < 1.29 is 14.1 Å². The molecule has 1 fully saturated rings. The highest BCUT2D eigenvalue weighted by molar-refractivity contribution is 5.71. The molecule has 0 N–H and O–H groups in total. The minimum Gasteiger partial charge on any atom is -0.444 e. The number of aromatic nitrogens is 5. The Morgan fingerprint density at radius 1 is 1.14 bits per heavy atom. The quantitative estimate of drug-likeness (QED) is 0.420. The van der Waals surface area contributed by atoms with Crippen LogP contribution in [0.2, 0.25) is 0 Å². The molecule has 1 atom stereocenters. The summed E-state index contributed by atoms with van der Waals surface area (Å²) in [7, 11) is 0. The Morgan fingerprint density at radius 3 is 2.56 bits per heavy atom. The van der Waals surface area contributed by atoms with Crippen molar-refractivity contribution in [3.8, 4) is 11.5 Å². The zero-order chi connectivity index (χ0) is 25.4. The first kappa shape index (κ1) is 23.8. The summed E-state index contributed by atoms with van der Waals surface area (Å²) in [6.07, 6.45) is 4.18. The zero-order valence-corrected chi connectivity index (χ0v) is 20.9. The molecule has 10 nitrogen and oxygen atoms in total. The molecule has 1 aliphatic heterocycles. The van der Waals surface area contributed by atoms with Crippen molar-refractivity contribution in [1.82, 2.24) is 29.2 Å². The molecule has 0 bridgehead atoms. The van der Waals surface area contributed by atoms with Crippen molar-refractivity contribution >= 4 is 11.7 Å². The second kappa shape index (κ2) is 9.25. The molecule has 0 aliphatic carbocycles. The van der Waals surface area contributed by atoms with E-state index in [0.717, 1.165) is 5.56 Å². The summed E-state index contributed by atoms with van der Waals surface area (Å²) in [4.78, 5) is 31.9. The summed E-state index contributed by atoms with van der Waals surface area (Å²) in [5, 5.41) is 8.64. The number of hydrogen-bond acceptors (Lipinski definition) is 7. The van der Waals surface area contributed by atoms with Crippen LogP contribution < -0.4 is 5.56 Å². The lowest BCUT2D eigenvalue weighted by atomic mass is 10.0. The number of benzene rings is 1. The minimum atomic E-state index is -0.552. The van der Waals surface area contributed by atoms with Gasteiger partial charge in [0.05, 0.1) is 6.20 Å². The third-order valence-corrected chi connectivity index (χ3v) is 6.43. The minimum absolute atomic E-state index is 0.0510. The Morgan fingerprint density at radius 2 is 1.86 bits per heavy atom. The van der Waals surface area contributed by atoms with Crippen LogP contribution in [-0.4, -0.2) is 54.0 Å². The fraction of sp³-hybridized carbons (Fsp3) is 0.423. The Bertz CT molecular complexity index is 1420. The van der Waals surface area contributed by atoms with Gasteiger partial charge in [-0.25, -0.2) is 9.31 Å². The van der Waals surface area contributed by atoms with E-state index in [-0.39, 0.29) is 23.6 Å². The normalized spacial score (nSPS) is 15.8. The average molecular weight is 491 g/mol. The van der Waals surface area contributed by atoms with E-state index >= 15 is 0 Å². The van der Waals surface area contributed by atoms with Gasteiger partial charge in [0.25, 0.3) is 11.4 Å². The molecule has 5 rings (SSSR count). The summed E-state index contributed by atoms with van der Waals surface area (Å²) >= 11 is 0. The number of nitrogens with zero attached hydrogens (tertiary/aromatic N) is 6. The third-order valence-electron chi connectivity index (χ3n) is 6.43. The van der Waals surface area contributed by atoms with Crippen molar-refractivity contribution in [1.29, 1.82) is 0 Å². The molecule has 3 aromatic heterocycles. The van der Waals surface area contributed by atoms with E-state index in [1.807, 2.05) is 58.0 Å². The molecule has 188 valence electrons. The van der Waals surface area contributed by atoms with Crippen LogP contribution in [0.15, 0.2) is 58.1 Å². The van der Waals surface area contributed by atoms with Crippen LogP contribution in [-0.2, 0) is 4.74 Å². The molecule has 0 saturated carbocycles. The summed E-state index contributed by atoms with van der Waals surface area (Å²) in [5.74, 6) is 0.823. The number of carbonyl (C=O) groups is 1. The first-order chi connectivity index (χ1) is 17.2. The summed E-state index contributed by atoms with van der Waals surface area (Å²) in [5.41, 5.74) is 1.59. The SMILES string of the molecule is CC(c1ccccc1)c1noc(-c2cnn3ccc(=O)n(C4CCN(C(=O)OC(C)(C)C)CC4)c23)n1. The maximum Gasteiger partial charge on any atom is 0.410 e. The smallest absolute Gasteiger partial charge is 0.410 e. The average Bonchev–Trinajstić information content (AvgIpc) is 3.50. The Labute approximate surface area is 208 Å². The Kier molecular flexibility index (Phi) is 6.11. The van der Waals surface area contributed by atoms with E-state index in [2.05, 4.69) is 15.2 Å². The Balaban J connectivity index is 1.43. The molecule has 0 spiro atoms. The van der Waals surface area contributed by atoms with Gasteiger partial charge in [-0.2, -0.15) is 10.1 Å². The van der Waals surface area contributed by atoms with Crippen LogP contribution >= 0.6 is 0 Å². The molecule has 1 amide bonds. The monoisotopic (exact) mass is 490 g/mol. The largest absolute Gasteiger partial charge is 0.444 e. The number of likely N-dealkylation sites (tertiary alicyclic amines) is 1. The van der Waals surface area contributed by atoms with Gasteiger partial charge in [0.1, 0.15) is 11.2 Å². The van der Waals surface area contributed by atoms with E-state index in [0.29, 0.717) is 48.9 Å². The van der Waals surface area contributed by atoms with Gasteiger partial charge >= 0.3 is 6.09 Å². The van der Waals surface area contributed by atoms with E-state index in [1.165, 1.54) is 6.07 Å². The highest BCUT2D eigenvalue weighted by Gasteiger charge is 2.30. The topological polar surface area (TPSA) is 108 Å². The fourth-order valence-corrected chi connectivity index (χ4v) is 4.57. The first-order valence-corrected chi connectivity index (χ1v) is 12.2. The molecule has 36 heavy (non-hydrogen) atoms. The lowest BCUT2D eigenvalue weighted by Gasteiger charge is -2.34. The number of carbonyl (C=O) groups excluding carboxylic acids is 1. The fourth-order valence-electron chi connectivity index (χ4n) is 4.57. The van der Waals surface area contributed by atoms with Gasteiger partial charge < -0.3 is 14.2 Å². The van der Waals surface area contributed by atoms with E-state index < -0.39 is 5.60 Å². The van der Waals surface area contributed by atoms with Crippen LogP contribution in [0.3, 0.4) is 0 Å². The maximum atomic E-state index is 13.1. The van der Waals surface area contributed by atoms with Crippen LogP contribution in [0, 0.1) is 0 Å². The second-order valence-corrected chi connectivity index (χ2v) is 10.1. The lowest BCUT2D eigenvalue weighted by molar-refractivity contribution is 0.0188. The predicted molar refractivity (Wildman–Crippen MR) is 133 cm³/mol. The van der Waals surface area contributed by atoms with Crippen molar-refractivity contribution in [2.45, 2.75) is 58.1 Å². The molecule has 0 radical (unpaired) electrons. The molecule has 10 heteroatoms. The van der Waals surface area contributed by atoms with Gasteiger partial charge in [-0.1, -0.05) is 42.4 Å². The maximum absolute atomic E-state index is 13.1. The van der Waals surface area contributed by atoms with Gasteiger partial charge in [-0.05, 0) is 39.2 Å². The van der Waals surface area contributed by atoms with Crippen molar-refractivity contribution in [2.75, 3.05) is 13.1 Å². The molecule has 1 aromatic carbocycles. The van der Waals surface area contributed by atoms with Crippen LogP contribution in [0.25, 0.3) is 17.1 Å². The number of fused-ring (bicyclic) bond motifs is 1. The van der Waals surface area contributed by atoms with Crippen LogP contribution in [0.4, 0.5) is 4.79 Å². The van der Waals surface area contributed by atoms with E-state index in [9.17, 15) is 9.59 Å².